The molecule has 0 radical (unpaired) electrons. The summed E-state index contributed by atoms with van der Waals surface area (Å²) < 4.78 is 23.3. The van der Waals surface area contributed by atoms with E-state index < -0.39 is 9.84 Å². The molecule has 0 aliphatic carbocycles. The minimum absolute atomic E-state index is 0.195. The van der Waals surface area contributed by atoms with Crippen LogP contribution in [0.1, 0.15) is 39.5 Å². The number of piperidine rings is 1. The number of rotatable bonds is 4. The summed E-state index contributed by atoms with van der Waals surface area (Å²) in [6.07, 6.45) is 4.16. The van der Waals surface area contributed by atoms with Gasteiger partial charge in [-0.15, -0.1) is 0 Å². The van der Waals surface area contributed by atoms with Gasteiger partial charge < -0.3 is 10.2 Å². The molecule has 0 aromatic rings. The third-order valence-corrected chi connectivity index (χ3v) is 5.97. The number of nitrogens with zero attached hydrogens (tertiary/aromatic N) is 1. The van der Waals surface area contributed by atoms with Crippen molar-refractivity contribution in [3.05, 3.63) is 0 Å². The molecule has 1 unspecified atom stereocenters. The van der Waals surface area contributed by atoms with E-state index in [0.29, 0.717) is 17.5 Å². The Kier molecular flexibility index (Phi) is 5.26. The van der Waals surface area contributed by atoms with Crippen molar-refractivity contribution in [3.8, 4) is 0 Å². The number of hydrogen-bond donors (Lipinski definition) is 1. The van der Waals surface area contributed by atoms with E-state index >= 15 is 0 Å². The molecule has 19 heavy (non-hydrogen) atoms. The predicted molar refractivity (Wildman–Crippen MR) is 79.1 cm³/mol. The summed E-state index contributed by atoms with van der Waals surface area (Å²) in [5.74, 6) is 1.46. The van der Waals surface area contributed by atoms with Crippen LogP contribution in [-0.2, 0) is 9.84 Å². The highest BCUT2D eigenvalue weighted by Crippen LogP contribution is 2.17. The molecule has 5 heteroatoms. The molecule has 2 fully saturated rings. The van der Waals surface area contributed by atoms with Gasteiger partial charge in [-0.05, 0) is 44.7 Å². The molecule has 0 amide bonds. The molecule has 2 heterocycles. The van der Waals surface area contributed by atoms with Gasteiger partial charge in [0.2, 0.25) is 0 Å². The molecular weight excluding hydrogens is 260 g/mol. The molecule has 0 aromatic carbocycles. The Morgan fingerprint density at radius 2 is 1.84 bits per heavy atom. The third-order valence-electron chi connectivity index (χ3n) is 4.15. The van der Waals surface area contributed by atoms with E-state index in [4.69, 9.17) is 0 Å². The number of likely N-dealkylation sites (tertiary alicyclic amines) is 1. The van der Waals surface area contributed by atoms with Crippen LogP contribution in [0.2, 0.25) is 0 Å². The second kappa shape index (κ2) is 6.55. The molecular formula is C14H28N2O2S. The maximum atomic E-state index is 11.6. The number of hydrogen-bond acceptors (Lipinski definition) is 4. The van der Waals surface area contributed by atoms with Gasteiger partial charge in [-0.25, -0.2) is 8.42 Å². The van der Waals surface area contributed by atoms with Crippen molar-refractivity contribution >= 4 is 9.84 Å². The SMILES string of the molecule is CC(C)CN1CCC(NC2CCCS(=O)(=O)C2)CC1. The first-order valence-corrected chi connectivity index (χ1v) is 9.45. The van der Waals surface area contributed by atoms with E-state index in [2.05, 4.69) is 24.1 Å². The fourth-order valence-corrected chi connectivity index (χ4v) is 4.94. The average Bonchev–Trinajstić information content (AvgIpc) is 2.30. The zero-order valence-corrected chi connectivity index (χ0v) is 13.1. The second-order valence-corrected chi connectivity index (χ2v) is 8.82. The quantitative estimate of drug-likeness (QED) is 0.846. The number of sulfone groups is 1. The van der Waals surface area contributed by atoms with Crippen molar-refractivity contribution in [2.45, 2.75) is 51.6 Å². The van der Waals surface area contributed by atoms with Crippen molar-refractivity contribution in [2.24, 2.45) is 5.92 Å². The zero-order valence-electron chi connectivity index (χ0n) is 12.3. The largest absolute Gasteiger partial charge is 0.310 e. The van der Waals surface area contributed by atoms with E-state index in [0.717, 1.165) is 44.7 Å². The van der Waals surface area contributed by atoms with Gasteiger partial charge in [0, 0.05) is 18.6 Å². The highest BCUT2D eigenvalue weighted by molar-refractivity contribution is 7.91. The van der Waals surface area contributed by atoms with E-state index in [1.165, 1.54) is 6.54 Å². The van der Waals surface area contributed by atoms with Gasteiger partial charge in [-0.3, -0.25) is 0 Å². The summed E-state index contributed by atoms with van der Waals surface area (Å²) in [5, 5.41) is 3.58. The molecule has 112 valence electrons. The van der Waals surface area contributed by atoms with Crippen molar-refractivity contribution in [2.75, 3.05) is 31.1 Å². The topological polar surface area (TPSA) is 49.4 Å². The highest BCUT2D eigenvalue weighted by Gasteiger charge is 2.28. The monoisotopic (exact) mass is 288 g/mol. The molecule has 0 saturated carbocycles. The smallest absolute Gasteiger partial charge is 0.151 e. The molecule has 0 spiro atoms. The van der Waals surface area contributed by atoms with E-state index in [-0.39, 0.29) is 6.04 Å². The summed E-state index contributed by atoms with van der Waals surface area (Å²) in [6.45, 7) is 8.00. The minimum atomic E-state index is -2.78. The third kappa shape index (κ3) is 5.04. The van der Waals surface area contributed by atoms with E-state index in [1.807, 2.05) is 0 Å². The lowest BCUT2D eigenvalue weighted by molar-refractivity contribution is 0.174. The minimum Gasteiger partial charge on any atom is -0.310 e. The fourth-order valence-electron chi connectivity index (χ4n) is 3.29. The highest BCUT2D eigenvalue weighted by atomic mass is 32.2. The van der Waals surface area contributed by atoms with Crippen LogP contribution in [0.15, 0.2) is 0 Å². The van der Waals surface area contributed by atoms with Crippen LogP contribution in [0.25, 0.3) is 0 Å². The van der Waals surface area contributed by atoms with Gasteiger partial charge in [-0.2, -0.15) is 0 Å². The van der Waals surface area contributed by atoms with Crippen LogP contribution in [-0.4, -0.2) is 56.5 Å². The van der Waals surface area contributed by atoms with Gasteiger partial charge in [0.25, 0.3) is 0 Å². The Morgan fingerprint density at radius 3 is 2.42 bits per heavy atom. The first-order chi connectivity index (χ1) is 8.94. The molecule has 2 rings (SSSR count). The Balaban J connectivity index is 1.73. The van der Waals surface area contributed by atoms with Crippen LogP contribution in [0, 0.1) is 5.92 Å². The van der Waals surface area contributed by atoms with Gasteiger partial charge in [-0.1, -0.05) is 13.8 Å². The zero-order chi connectivity index (χ0) is 13.9. The maximum absolute atomic E-state index is 11.6. The van der Waals surface area contributed by atoms with Crippen molar-refractivity contribution in [1.82, 2.24) is 10.2 Å². The van der Waals surface area contributed by atoms with Crippen LogP contribution in [0.4, 0.5) is 0 Å². The van der Waals surface area contributed by atoms with Crippen LogP contribution in [0.3, 0.4) is 0 Å². The molecule has 1 N–H and O–H groups in total. The maximum Gasteiger partial charge on any atom is 0.151 e. The lowest BCUT2D eigenvalue weighted by Gasteiger charge is -2.36. The molecule has 2 aliphatic rings. The van der Waals surface area contributed by atoms with Crippen molar-refractivity contribution in [1.29, 1.82) is 0 Å². The summed E-state index contributed by atoms with van der Waals surface area (Å²) in [7, 11) is -2.78. The molecule has 2 saturated heterocycles. The van der Waals surface area contributed by atoms with Gasteiger partial charge >= 0.3 is 0 Å². The Labute approximate surface area is 117 Å². The molecule has 1 atom stereocenters. The van der Waals surface area contributed by atoms with Crippen LogP contribution >= 0.6 is 0 Å². The number of nitrogens with one attached hydrogen (secondary N) is 1. The lowest BCUT2D eigenvalue weighted by atomic mass is 10.0. The fraction of sp³-hybridized carbons (Fsp3) is 1.00. The Bertz CT molecular complexity index is 373. The standard InChI is InChI=1S/C14H28N2O2S/c1-12(2)10-16-7-5-13(6-8-16)15-14-4-3-9-19(17,18)11-14/h12-15H,3-11H2,1-2H3. The van der Waals surface area contributed by atoms with Gasteiger partial charge in [0.1, 0.15) is 0 Å². The van der Waals surface area contributed by atoms with Crippen molar-refractivity contribution in [3.63, 3.8) is 0 Å². The van der Waals surface area contributed by atoms with E-state index in [1.54, 1.807) is 0 Å². The predicted octanol–water partition coefficient (Wildman–Crippen LogP) is 1.27. The molecule has 4 nitrogen and oxygen atoms in total. The van der Waals surface area contributed by atoms with E-state index in [9.17, 15) is 8.42 Å². The summed E-state index contributed by atoms with van der Waals surface area (Å²) >= 11 is 0. The van der Waals surface area contributed by atoms with Gasteiger partial charge in [0.05, 0.1) is 11.5 Å². The van der Waals surface area contributed by atoms with Gasteiger partial charge in [0.15, 0.2) is 9.84 Å². The summed E-state index contributed by atoms with van der Waals surface area (Å²) in [4.78, 5) is 2.53. The molecule has 0 aromatic heterocycles. The average molecular weight is 288 g/mol. The normalized spacial score (nSPS) is 29.7. The first-order valence-electron chi connectivity index (χ1n) is 7.63. The lowest BCUT2D eigenvalue weighted by Crippen LogP contribution is -2.50. The molecule has 2 aliphatic heterocycles. The Morgan fingerprint density at radius 1 is 1.16 bits per heavy atom. The molecule has 0 bridgehead atoms. The summed E-state index contributed by atoms with van der Waals surface area (Å²) in [5.41, 5.74) is 0. The first kappa shape index (κ1) is 15.3. The van der Waals surface area contributed by atoms with Crippen molar-refractivity contribution < 1.29 is 8.42 Å². The Hall–Kier alpha value is -0.130. The second-order valence-electron chi connectivity index (χ2n) is 6.59. The van der Waals surface area contributed by atoms with Crippen LogP contribution in [0.5, 0.6) is 0 Å². The van der Waals surface area contributed by atoms with Crippen LogP contribution < -0.4 is 5.32 Å². The summed E-state index contributed by atoms with van der Waals surface area (Å²) in [6, 6.07) is 0.710.